The summed E-state index contributed by atoms with van der Waals surface area (Å²) in [6.45, 7) is 3.68. The average molecular weight is 298 g/mol. The van der Waals surface area contributed by atoms with Crippen molar-refractivity contribution in [3.05, 3.63) is 12.4 Å². The molecule has 2 fully saturated rings. The fraction of sp³-hybridized carbons (Fsp3) is 0.769. The van der Waals surface area contributed by atoms with Gasteiger partial charge in [-0.15, -0.1) is 0 Å². The Hall–Kier alpha value is -0.920. The van der Waals surface area contributed by atoms with E-state index < -0.39 is 10.0 Å². The van der Waals surface area contributed by atoms with E-state index >= 15 is 0 Å². The first-order chi connectivity index (χ1) is 9.68. The average Bonchev–Trinajstić information content (AvgIpc) is 3.11. The van der Waals surface area contributed by atoms with Gasteiger partial charge in [-0.3, -0.25) is 0 Å². The van der Waals surface area contributed by atoms with E-state index in [4.69, 9.17) is 0 Å². The van der Waals surface area contributed by atoms with Crippen LogP contribution in [0.25, 0.3) is 0 Å². The molecule has 3 rings (SSSR count). The standard InChI is InChI=1S/C13H22N4O2S/c18-20(19,13-14-6-7-15-13)17-10-4-5-12(17)11-16-8-2-1-3-9-16/h6-7,12H,1-5,8-11H2,(H,14,15). The van der Waals surface area contributed by atoms with Gasteiger partial charge in [-0.2, -0.15) is 4.31 Å². The summed E-state index contributed by atoms with van der Waals surface area (Å²) < 4.78 is 26.8. The van der Waals surface area contributed by atoms with Gasteiger partial charge in [0.25, 0.3) is 10.0 Å². The number of H-pyrrole nitrogens is 1. The molecule has 0 amide bonds. The van der Waals surface area contributed by atoms with Gasteiger partial charge in [-0.25, -0.2) is 13.4 Å². The van der Waals surface area contributed by atoms with Gasteiger partial charge < -0.3 is 9.88 Å². The Labute approximate surface area is 120 Å². The van der Waals surface area contributed by atoms with Crippen molar-refractivity contribution in [1.82, 2.24) is 19.2 Å². The Bertz CT molecular complexity index is 523. The van der Waals surface area contributed by atoms with Crippen LogP contribution in [-0.4, -0.2) is 59.8 Å². The number of hydrogen-bond acceptors (Lipinski definition) is 4. The highest BCUT2D eigenvalue weighted by Crippen LogP contribution is 2.25. The van der Waals surface area contributed by atoms with E-state index in [1.807, 2.05) is 0 Å². The Morgan fingerprint density at radius 3 is 2.70 bits per heavy atom. The van der Waals surface area contributed by atoms with Gasteiger partial charge in [0.2, 0.25) is 5.16 Å². The van der Waals surface area contributed by atoms with Crippen molar-refractivity contribution in [2.45, 2.75) is 43.3 Å². The number of imidazole rings is 1. The third-order valence-corrected chi connectivity index (χ3v) is 6.08. The first-order valence-corrected chi connectivity index (χ1v) is 8.85. The van der Waals surface area contributed by atoms with Crippen LogP contribution >= 0.6 is 0 Å². The topological polar surface area (TPSA) is 69.3 Å². The normalized spacial score (nSPS) is 26.1. The van der Waals surface area contributed by atoms with E-state index in [9.17, 15) is 8.42 Å². The number of sulfonamides is 1. The quantitative estimate of drug-likeness (QED) is 0.902. The molecule has 1 N–H and O–H groups in total. The van der Waals surface area contributed by atoms with Gasteiger partial charge in [0.05, 0.1) is 0 Å². The Morgan fingerprint density at radius 1 is 1.20 bits per heavy atom. The number of aromatic amines is 1. The van der Waals surface area contributed by atoms with E-state index in [2.05, 4.69) is 14.9 Å². The minimum atomic E-state index is -3.46. The van der Waals surface area contributed by atoms with Gasteiger partial charge in [0.1, 0.15) is 0 Å². The minimum Gasteiger partial charge on any atom is -0.334 e. The molecule has 1 unspecified atom stereocenters. The summed E-state index contributed by atoms with van der Waals surface area (Å²) in [6, 6.07) is 0.100. The van der Waals surface area contributed by atoms with Gasteiger partial charge in [-0.05, 0) is 38.8 Å². The summed E-state index contributed by atoms with van der Waals surface area (Å²) in [5, 5.41) is 0.0723. The van der Waals surface area contributed by atoms with E-state index in [1.54, 1.807) is 10.5 Å². The van der Waals surface area contributed by atoms with Crippen molar-refractivity contribution in [1.29, 1.82) is 0 Å². The van der Waals surface area contributed by atoms with Crippen molar-refractivity contribution in [3.8, 4) is 0 Å². The van der Waals surface area contributed by atoms with E-state index in [-0.39, 0.29) is 11.2 Å². The zero-order valence-corrected chi connectivity index (χ0v) is 12.5. The minimum absolute atomic E-state index is 0.0723. The summed E-state index contributed by atoms with van der Waals surface area (Å²) >= 11 is 0. The van der Waals surface area contributed by atoms with Crippen LogP contribution in [0.4, 0.5) is 0 Å². The fourth-order valence-electron chi connectivity index (χ4n) is 3.25. The molecule has 0 aliphatic carbocycles. The summed E-state index contributed by atoms with van der Waals surface area (Å²) in [5.74, 6) is 0. The summed E-state index contributed by atoms with van der Waals surface area (Å²) in [4.78, 5) is 9.05. The van der Waals surface area contributed by atoms with E-state index in [1.165, 1.54) is 25.5 Å². The molecule has 2 aliphatic heterocycles. The lowest BCUT2D eigenvalue weighted by molar-refractivity contribution is 0.189. The van der Waals surface area contributed by atoms with Crippen molar-refractivity contribution in [2.24, 2.45) is 0 Å². The Kier molecular flexibility index (Phi) is 4.09. The molecule has 3 heterocycles. The van der Waals surface area contributed by atoms with Gasteiger partial charge >= 0.3 is 0 Å². The third kappa shape index (κ3) is 2.75. The van der Waals surface area contributed by atoms with Crippen LogP contribution in [0.1, 0.15) is 32.1 Å². The molecule has 0 aromatic carbocycles. The molecule has 0 saturated carbocycles. The number of likely N-dealkylation sites (tertiary alicyclic amines) is 1. The lowest BCUT2D eigenvalue weighted by Gasteiger charge is -2.32. The molecule has 2 saturated heterocycles. The maximum absolute atomic E-state index is 12.6. The van der Waals surface area contributed by atoms with E-state index in [0.717, 1.165) is 32.5 Å². The lowest BCUT2D eigenvalue weighted by atomic mass is 10.1. The predicted molar refractivity (Wildman–Crippen MR) is 75.8 cm³/mol. The molecule has 0 spiro atoms. The maximum atomic E-state index is 12.6. The molecule has 0 radical (unpaired) electrons. The van der Waals surface area contributed by atoms with Crippen LogP contribution in [-0.2, 0) is 10.0 Å². The molecule has 2 aliphatic rings. The molecule has 1 aromatic rings. The number of rotatable bonds is 4. The first kappa shape index (κ1) is 14.0. The molecule has 1 atom stereocenters. The van der Waals surface area contributed by atoms with Gasteiger partial charge in [0, 0.05) is 31.5 Å². The molecule has 1 aromatic heterocycles. The zero-order valence-electron chi connectivity index (χ0n) is 11.7. The first-order valence-electron chi connectivity index (χ1n) is 7.41. The summed E-state index contributed by atoms with van der Waals surface area (Å²) in [7, 11) is -3.46. The largest absolute Gasteiger partial charge is 0.334 e. The monoisotopic (exact) mass is 298 g/mol. The van der Waals surface area contributed by atoms with Crippen molar-refractivity contribution in [3.63, 3.8) is 0 Å². The van der Waals surface area contributed by atoms with Crippen molar-refractivity contribution < 1.29 is 8.42 Å². The van der Waals surface area contributed by atoms with Gasteiger partial charge in [-0.1, -0.05) is 6.42 Å². The molecule has 7 heteroatoms. The van der Waals surface area contributed by atoms with Crippen LogP contribution in [0.5, 0.6) is 0 Å². The highest BCUT2D eigenvalue weighted by molar-refractivity contribution is 7.89. The van der Waals surface area contributed by atoms with Crippen LogP contribution in [0, 0.1) is 0 Å². The Balaban J connectivity index is 1.72. The highest BCUT2D eigenvalue weighted by atomic mass is 32.2. The SMILES string of the molecule is O=S(=O)(c1ncc[nH]1)N1CCCC1CN1CCCCC1. The number of nitrogens with zero attached hydrogens (tertiary/aromatic N) is 3. The number of nitrogens with one attached hydrogen (secondary N) is 1. The smallest absolute Gasteiger partial charge is 0.277 e. The lowest BCUT2D eigenvalue weighted by Crippen LogP contribution is -2.44. The summed E-state index contributed by atoms with van der Waals surface area (Å²) in [6.07, 6.45) is 8.71. The Morgan fingerprint density at radius 2 is 2.00 bits per heavy atom. The predicted octanol–water partition coefficient (Wildman–Crippen LogP) is 1.05. The van der Waals surface area contributed by atoms with Gasteiger partial charge in [0.15, 0.2) is 0 Å². The zero-order chi connectivity index (χ0) is 14.0. The second kappa shape index (κ2) is 5.83. The molecule has 112 valence electrons. The number of piperidine rings is 1. The third-order valence-electron chi connectivity index (χ3n) is 4.27. The molecular weight excluding hydrogens is 276 g/mol. The van der Waals surface area contributed by atoms with Crippen molar-refractivity contribution >= 4 is 10.0 Å². The number of aromatic nitrogens is 2. The molecule has 6 nitrogen and oxygen atoms in total. The fourth-order valence-corrected chi connectivity index (χ4v) is 4.82. The highest BCUT2D eigenvalue weighted by Gasteiger charge is 2.37. The molecule has 20 heavy (non-hydrogen) atoms. The summed E-state index contributed by atoms with van der Waals surface area (Å²) in [5.41, 5.74) is 0. The molecular formula is C13H22N4O2S. The maximum Gasteiger partial charge on any atom is 0.277 e. The second-order valence-electron chi connectivity index (χ2n) is 5.67. The van der Waals surface area contributed by atoms with Crippen LogP contribution in [0.15, 0.2) is 17.6 Å². The second-order valence-corrected chi connectivity index (χ2v) is 7.47. The van der Waals surface area contributed by atoms with E-state index in [0.29, 0.717) is 6.54 Å². The van der Waals surface area contributed by atoms with Crippen LogP contribution in [0.2, 0.25) is 0 Å². The molecule has 0 bridgehead atoms. The number of hydrogen-bond donors (Lipinski definition) is 1. The van der Waals surface area contributed by atoms with Crippen molar-refractivity contribution in [2.75, 3.05) is 26.2 Å². The van der Waals surface area contributed by atoms with Crippen LogP contribution < -0.4 is 0 Å². The van der Waals surface area contributed by atoms with Crippen LogP contribution in [0.3, 0.4) is 0 Å².